The standard InChI is InChI=1S/C12H15BrN4O2S/c1-8(12-7-15-17(3)9(12)2)16-20(18,19)11-4-10(13)5-14-6-11/h4-8,16H,1-3H3. The number of nitrogens with zero attached hydrogens (tertiary/aromatic N) is 3. The maximum atomic E-state index is 12.3. The summed E-state index contributed by atoms with van der Waals surface area (Å²) in [7, 11) is -1.80. The zero-order valence-corrected chi connectivity index (χ0v) is 13.7. The van der Waals surface area contributed by atoms with E-state index in [1.165, 1.54) is 18.5 Å². The maximum absolute atomic E-state index is 12.3. The molecule has 0 fully saturated rings. The van der Waals surface area contributed by atoms with Crippen LogP contribution in [0.25, 0.3) is 0 Å². The Morgan fingerprint density at radius 1 is 1.35 bits per heavy atom. The van der Waals surface area contributed by atoms with Crippen molar-refractivity contribution in [3.8, 4) is 0 Å². The van der Waals surface area contributed by atoms with E-state index in [1.54, 1.807) is 17.8 Å². The van der Waals surface area contributed by atoms with Crippen LogP contribution in [0.5, 0.6) is 0 Å². The molecule has 0 saturated carbocycles. The molecule has 2 rings (SSSR count). The summed E-state index contributed by atoms with van der Waals surface area (Å²) in [6.07, 6.45) is 4.52. The molecule has 0 aliphatic carbocycles. The second kappa shape index (κ2) is 5.63. The molecule has 1 unspecified atom stereocenters. The maximum Gasteiger partial charge on any atom is 0.242 e. The lowest BCUT2D eigenvalue weighted by Gasteiger charge is -2.14. The first-order chi connectivity index (χ1) is 9.31. The van der Waals surface area contributed by atoms with Crippen molar-refractivity contribution in [3.05, 3.63) is 40.4 Å². The summed E-state index contributed by atoms with van der Waals surface area (Å²) in [5, 5.41) is 4.12. The van der Waals surface area contributed by atoms with Crippen LogP contribution in [0, 0.1) is 6.92 Å². The third-order valence-corrected chi connectivity index (χ3v) is 5.00. The summed E-state index contributed by atoms with van der Waals surface area (Å²) in [5.41, 5.74) is 1.77. The van der Waals surface area contributed by atoms with Crippen molar-refractivity contribution in [2.75, 3.05) is 0 Å². The first kappa shape index (κ1) is 15.1. The van der Waals surface area contributed by atoms with Crippen LogP contribution in [-0.2, 0) is 17.1 Å². The number of rotatable bonds is 4. The summed E-state index contributed by atoms with van der Waals surface area (Å²) < 4.78 is 29.5. The largest absolute Gasteiger partial charge is 0.273 e. The molecule has 2 aromatic heterocycles. The van der Waals surface area contributed by atoms with Crippen molar-refractivity contribution in [3.63, 3.8) is 0 Å². The van der Waals surface area contributed by atoms with Crippen LogP contribution < -0.4 is 4.72 Å². The highest BCUT2D eigenvalue weighted by atomic mass is 79.9. The summed E-state index contributed by atoms with van der Waals surface area (Å²) in [6.45, 7) is 3.68. The van der Waals surface area contributed by atoms with Gasteiger partial charge in [0, 0.05) is 41.2 Å². The van der Waals surface area contributed by atoms with Crippen LogP contribution >= 0.6 is 15.9 Å². The fourth-order valence-corrected chi connectivity index (χ4v) is 3.57. The van der Waals surface area contributed by atoms with Gasteiger partial charge in [-0.05, 0) is 35.8 Å². The third kappa shape index (κ3) is 3.08. The van der Waals surface area contributed by atoms with Gasteiger partial charge in [-0.15, -0.1) is 0 Å². The zero-order valence-electron chi connectivity index (χ0n) is 11.3. The number of aromatic nitrogens is 3. The van der Waals surface area contributed by atoms with Crippen LogP contribution in [0.2, 0.25) is 0 Å². The minimum Gasteiger partial charge on any atom is -0.273 e. The lowest BCUT2D eigenvalue weighted by molar-refractivity contribution is 0.565. The van der Waals surface area contributed by atoms with E-state index in [1.807, 2.05) is 14.0 Å². The topological polar surface area (TPSA) is 76.9 Å². The molecular weight excluding hydrogens is 344 g/mol. The minimum atomic E-state index is -3.62. The highest BCUT2D eigenvalue weighted by Gasteiger charge is 2.21. The molecule has 0 radical (unpaired) electrons. The summed E-state index contributed by atoms with van der Waals surface area (Å²) in [5.74, 6) is 0. The molecular formula is C12H15BrN4O2S. The van der Waals surface area contributed by atoms with E-state index in [0.717, 1.165) is 11.3 Å². The highest BCUT2D eigenvalue weighted by Crippen LogP contribution is 2.20. The number of nitrogens with one attached hydrogen (secondary N) is 1. The first-order valence-corrected chi connectivity index (χ1v) is 8.20. The smallest absolute Gasteiger partial charge is 0.242 e. The quantitative estimate of drug-likeness (QED) is 0.905. The van der Waals surface area contributed by atoms with E-state index >= 15 is 0 Å². The minimum absolute atomic E-state index is 0.125. The Morgan fingerprint density at radius 2 is 2.05 bits per heavy atom. The van der Waals surface area contributed by atoms with Crippen LogP contribution in [0.4, 0.5) is 0 Å². The molecule has 6 nitrogen and oxygen atoms in total. The normalized spacial score (nSPS) is 13.4. The van der Waals surface area contributed by atoms with Crippen LogP contribution in [0.15, 0.2) is 34.0 Å². The molecule has 108 valence electrons. The van der Waals surface area contributed by atoms with Crippen LogP contribution in [-0.4, -0.2) is 23.2 Å². The van der Waals surface area contributed by atoms with Gasteiger partial charge in [-0.25, -0.2) is 13.1 Å². The summed E-state index contributed by atoms with van der Waals surface area (Å²) in [4.78, 5) is 3.99. The highest BCUT2D eigenvalue weighted by molar-refractivity contribution is 9.10. The predicted molar refractivity (Wildman–Crippen MR) is 78.6 cm³/mol. The van der Waals surface area contributed by atoms with Gasteiger partial charge >= 0.3 is 0 Å². The molecule has 0 bridgehead atoms. The monoisotopic (exact) mass is 358 g/mol. The second-order valence-corrected chi connectivity index (χ2v) is 7.12. The molecule has 0 aliphatic rings. The molecule has 0 amide bonds. The van der Waals surface area contributed by atoms with Gasteiger partial charge in [-0.2, -0.15) is 5.10 Å². The van der Waals surface area contributed by atoms with Gasteiger partial charge in [0.25, 0.3) is 0 Å². The van der Waals surface area contributed by atoms with Crippen molar-refractivity contribution in [1.82, 2.24) is 19.5 Å². The van der Waals surface area contributed by atoms with Gasteiger partial charge in [0.15, 0.2) is 0 Å². The fraction of sp³-hybridized carbons (Fsp3) is 0.333. The molecule has 0 saturated heterocycles. The van der Waals surface area contributed by atoms with Gasteiger partial charge in [0.1, 0.15) is 4.90 Å². The molecule has 0 spiro atoms. The number of halogens is 1. The number of hydrogen-bond acceptors (Lipinski definition) is 4. The van der Waals surface area contributed by atoms with Gasteiger partial charge in [-0.3, -0.25) is 9.67 Å². The summed E-state index contributed by atoms with van der Waals surface area (Å²) in [6, 6.07) is 1.14. The number of aryl methyl sites for hydroxylation is 1. The van der Waals surface area contributed by atoms with E-state index in [2.05, 4.69) is 30.7 Å². The molecule has 2 heterocycles. The fourth-order valence-electron chi connectivity index (χ4n) is 1.84. The van der Waals surface area contributed by atoms with Gasteiger partial charge < -0.3 is 0 Å². The number of sulfonamides is 1. The average Bonchev–Trinajstić information content (AvgIpc) is 2.69. The number of pyridine rings is 1. The van der Waals surface area contributed by atoms with Crippen LogP contribution in [0.3, 0.4) is 0 Å². The Hall–Kier alpha value is -1.25. The first-order valence-electron chi connectivity index (χ1n) is 5.92. The lowest BCUT2D eigenvalue weighted by Crippen LogP contribution is -2.27. The van der Waals surface area contributed by atoms with Gasteiger partial charge in [0.2, 0.25) is 10.0 Å². The van der Waals surface area contributed by atoms with Crippen LogP contribution in [0.1, 0.15) is 24.2 Å². The Bertz CT molecular complexity index is 727. The Labute approximate surface area is 126 Å². The molecule has 20 heavy (non-hydrogen) atoms. The molecule has 0 aromatic carbocycles. The van der Waals surface area contributed by atoms with Crippen molar-refractivity contribution in [2.24, 2.45) is 7.05 Å². The van der Waals surface area contributed by atoms with E-state index < -0.39 is 10.0 Å². The van der Waals surface area contributed by atoms with E-state index in [9.17, 15) is 8.42 Å². The van der Waals surface area contributed by atoms with Gasteiger partial charge in [0.05, 0.1) is 6.20 Å². The molecule has 2 aromatic rings. The average molecular weight is 359 g/mol. The Balaban J connectivity index is 2.27. The molecule has 8 heteroatoms. The van der Waals surface area contributed by atoms with Crippen molar-refractivity contribution in [1.29, 1.82) is 0 Å². The Morgan fingerprint density at radius 3 is 2.60 bits per heavy atom. The third-order valence-electron chi connectivity index (χ3n) is 3.06. The summed E-state index contributed by atoms with van der Waals surface area (Å²) >= 11 is 3.21. The molecule has 0 aliphatic heterocycles. The molecule has 1 atom stereocenters. The van der Waals surface area contributed by atoms with E-state index in [4.69, 9.17) is 0 Å². The van der Waals surface area contributed by atoms with E-state index in [-0.39, 0.29) is 10.9 Å². The SMILES string of the molecule is Cc1c(C(C)NS(=O)(=O)c2cncc(Br)c2)cnn1C. The van der Waals surface area contributed by atoms with E-state index in [0.29, 0.717) is 4.47 Å². The lowest BCUT2D eigenvalue weighted by atomic mass is 10.1. The van der Waals surface area contributed by atoms with Gasteiger partial charge in [-0.1, -0.05) is 0 Å². The van der Waals surface area contributed by atoms with Crippen molar-refractivity contribution >= 4 is 26.0 Å². The number of hydrogen-bond donors (Lipinski definition) is 1. The van der Waals surface area contributed by atoms with Crippen molar-refractivity contribution < 1.29 is 8.42 Å². The molecule has 1 N–H and O–H groups in total. The van der Waals surface area contributed by atoms with Crippen molar-refractivity contribution in [2.45, 2.75) is 24.8 Å². The zero-order chi connectivity index (χ0) is 14.9. The second-order valence-electron chi connectivity index (χ2n) is 4.49. The predicted octanol–water partition coefficient (Wildman–Crippen LogP) is 1.93. The Kier molecular flexibility index (Phi) is 4.26.